The Morgan fingerprint density at radius 2 is 1.89 bits per heavy atom. The Labute approximate surface area is 216 Å². The minimum Gasteiger partial charge on any atom is -0.466 e. The topological polar surface area (TPSA) is 102 Å². The van der Waals surface area contributed by atoms with Gasteiger partial charge in [-0.05, 0) is 43.0 Å². The summed E-state index contributed by atoms with van der Waals surface area (Å²) in [7, 11) is 1.18. The molecule has 1 atom stereocenters. The zero-order valence-electron chi connectivity index (χ0n) is 20.3. The number of rotatable bonds is 2. The van der Waals surface area contributed by atoms with Gasteiger partial charge in [0, 0.05) is 33.4 Å². The predicted molar refractivity (Wildman–Crippen MR) is 136 cm³/mol. The lowest BCUT2D eigenvalue weighted by molar-refractivity contribution is -0.138. The van der Waals surface area contributed by atoms with Crippen LogP contribution in [0.25, 0.3) is 0 Å². The fraction of sp³-hybridized carbons (Fsp3) is 0.296. The second-order valence-electron chi connectivity index (χ2n) is 10.2. The summed E-state index contributed by atoms with van der Waals surface area (Å²) in [6.45, 7) is 5.72. The number of esters is 1. The SMILES string of the molecule is COC(=O)C1=C(N)N(c2ccc(Br)cc2F)C2=C(C(=O)CC(C)(C)C2)C12C(=O)Nc1ccc(C)cc12. The Balaban J connectivity index is 1.95. The maximum atomic E-state index is 15.4. The van der Waals surface area contributed by atoms with Crippen LogP contribution in [0.2, 0.25) is 0 Å². The minimum absolute atomic E-state index is 0.0628. The summed E-state index contributed by atoms with van der Waals surface area (Å²) in [6, 6.07) is 9.78. The summed E-state index contributed by atoms with van der Waals surface area (Å²) < 4.78 is 21.0. The Bertz CT molecular complexity index is 1440. The molecule has 0 fully saturated rings. The van der Waals surface area contributed by atoms with E-state index < -0.39 is 28.5 Å². The van der Waals surface area contributed by atoms with Gasteiger partial charge in [0.05, 0.1) is 12.8 Å². The van der Waals surface area contributed by atoms with E-state index in [2.05, 4.69) is 21.2 Å². The number of nitrogens with zero attached hydrogens (tertiary/aromatic N) is 1. The van der Waals surface area contributed by atoms with Gasteiger partial charge in [0.25, 0.3) is 0 Å². The third-order valence-electron chi connectivity index (χ3n) is 7.08. The molecule has 1 amide bonds. The lowest BCUT2D eigenvalue weighted by atomic mass is 9.60. The minimum atomic E-state index is -1.82. The number of allylic oxidation sites excluding steroid dienone is 1. The van der Waals surface area contributed by atoms with Gasteiger partial charge in [-0.15, -0.1) is 0 Å². The zero-order chi connectivity index (χ0) is 26.2. The van der Waals surface area contributed by atoms with Crippen molar-refractivity contribution in [3.63, 3.8) is 0 Å². The van der Waals surface area contributed by atoms with Crippen molar-refractivity contribution in [1.82, 2.24) is 0 Å². The van der Waals surface area contributed by atoms with Crippen molar-refractivity contribution in [1.29, 1.82) is 0 Å². The molecular weight excluding hydrogens is 529 g/mol. The van der Waals surface area contributed by atoms with Gasteiger partial charge < -0.3 is 15.8 Å². The van der Waals surface area contributed by atoms with Gasteiger partial charge in [-0.3, -0.25) is 14.5 Å². The molecule has 0 aromatic heterocycles. The summed E-state index contributed by atoms with van der Waals surface area (Å²) in [5.74, 6) is -2.51. The van der Waals surface area contributed by atoms with Gasteiger partial charge >= 0.3 is 5.97 Å². The molecule has 2 aromatic rings. The first-order valence-corrected chi connectivity index (χ1v) is 12.2. The average molecular weight is 554 g/mol. The molecule has 1 unspecified atom stereocenters. The Kier molecular flexibility index (Phi) is 5.41. The van der Waals surface area contributed by atoms with E-state index in [0.717, 1.165) is 5.56 Å². The molecule has 36 heavy (non-hydrogen) atoms. The van der Waals surface area contributed by atoms with E-state index in [4.69, 9.17) is 10.5 Å². The summed E-state index contributed by atoms with van der Waals surface area (Å²) >= 11 is 3.26. The molecule has 3 aliphatic rings. The highest BCUT2D eigenvalue weighted by atomic mass is 79.9. The molecule has 0 bridgehead atoms. The lowest BCUT2D eigenvalue weighted by Crippen LogP contribution is -2.54. The number of halogens is 2. The Hall–Kier alpha value is -3.46. The average Bonchev–Trinajstić information content (AvgIpc) is 3.05. The van der Waals surface area contributed by atoms with Gasteiger partial charge in [-0.2, -0.15) is 0 Å². The lowest BCUT2D eigenvalue weighted by Gasteiger charge is -2.47. The van der Waals surface area contributed by atoms with Crippen molar-refractivity contribution in [2.24, 2.45) is 11.1 Å². The summed E-state index contributed by atoms with van der Waals surface area (Å²) in [5, 5.41) is 2.84. The number of hydrogen-bond donors (Lipinski definition) is 2. The van der Waals surface area contributed by atoms with E-state index >= 15 is 4.39 Å². The van der Waals surface area contributed by atoms with Gasteiger partial charge in [0.15, 0.2) is 5.78 Å². The molecule has 2 heterocycles. The number of fused-ring (bicyclic) bond motifs is 3. The fourth-order valence-corrected chi connectivity index (χ4v) is 6.02. The van der Waals surface area contributed by atoms with Gasteiger partial charge in [-0.1, -0.05) is 47.5 Å². The standard InChI is InChI=1S/C27H25BrFN3O4/c1-13-5-7-17-15(9-13)27(25(35)31-17)21-19(11-26(2,3)12-20(21)33)32(23(30)22(27)24(34)36-4)18-8-6-14(28)10-16(18)29/h5-10H,11-12,30H2,1-4H3,(H,31,35). The first kappa shape index (κ1) is 24.2. The quantitative estimate of drug-likeness (QED) is 0.527. The third-order valence-corrected chi connectivity index (χ3v) is 7.57. The molecule has 0 radical (unpaired) electrons. The van der Waals surface area contributed by atoms with E-state index in [9.17, 15) is 14.4 Å². The van der Waals surface area contributed by atoms with Crippen LogP contribution in [0.1, 0.15) is 37.8 Å². The van der Waals surface area contributed by atoms with Crippen LogP contribution >= 0.6 is 15.9 Å². The van der Waals surface area contributed by atoms with Crippen LogP contribution in [0.15, 0.2) is 63.5 Å². The summed E-state index contributed by atoms with van der Waals surface area (Å²) in [4.78, 5) is 42.7. The molecular formula is C27H25BrFN3O4. The van der Waals surface area contributed by atoms with Crippen molar-refractivity contribution in [3.8, 4) is 0 Å². The molecule has 0 saturated heterocycles. The highest BCUT2D eigenvalue weighted by molar-refractivity contribution is 9.10. The number of carbonyl (C=O) groups excluding carboxylic acids is 3. The second-order valence-corrected chi connectivity index (χ2v) is 11.1. The number of nitrogens with one attached hydrogen (secondary N) is 1. The predicted octanol–water partition coefficient (Wildman–Crippen LogP) is 4.59. The monoisotopic (exact) mass is 553 g/mol. The normalized spacial score (nSPS) is 22.6. The fourth-order valence-electron chi connectivity index (χ4n) is 5.69. The van der Waals surface area contributed by atoms with E-state index in [0.29, 0.717) is 27.8 Å². The summed E-state index contributed by atoms with van der Waals surface area (Å²) in [5.41, 5.74) is 6.53. The van der Waals surface area contributed by atoms with Gasteiger partial charge in [-0.25, -0.2) is 9.18 Å². The van der Waals surface area contributed by atoms with Gasteiger partial charge in [0.2, 0.25) is 5.91 Å². The van der Waals surface area contributed by atoms with Crippen LogP contribution < -0.4 is 16.0 Å². The van der Waals surface area contributed by atoms with Crippen LogP contribution in [-0.2, 0) is 24.5 Å². The molecule has 186 valence electrons. The molecule has 9 heteroatoms. The van der Waals surface area contributed by atoms with Crippen LogP contribution in [-0.4, -0.2) is 24.8 Å². The molecule has 2 aliphatic heterocycles. The Morgan fingerprint density at radius 3 is 2.56 bits per heavy atom. The van der Waals surface area contributed by atoms with Crippen molar-refractivity contribution in [2.45, 2.75) is 39.0 Å². The van der Waals surface area contributed by atoms with E-state index in [-0.39, 0.29) is 34.9 Å². The molecule has 1 aliphatic carbocycles. The molecule has 0 saturated carbocycles. The van der Waals surface area contributed by atoms with Crippen molar-refractivity contribution >= 4 is 45.0 Å². The number of Topliss-reactive ketones (excluding diaryl/α,β-unsaturated/α-hetero) is 1. The number of carbonyl (C=O) groups is 3. The van der Waals surface area contributed by atoms with Crippen LogP contribution in [0.5, 0.6) is 0 Å². The first-order valence-electron chi connectivity index (χ1n) is 11.5. The summed E-state index contributed by atoms with van der Waals surface area (Å²) in [6.07, 6.45) is 0.474. The molecule has 1 spiro atoms. The Morgan fingerprint density at radius 1 is 1.17 bits per heavy atom. The number of ether oxygens (including phenoxy) is 1. The molecule has 2 aromatic carbocycles. The maximum absolute atomic E-state index is 15.4. The van der Waals surface area contributed by atoms with Crippen LogP contribution in [0.4, 0.5) is 15.8 Å². The van der Waals surface area contributed by atoms with Crippen molar-refractivity contribution in [3.05, 3.63) is 80.5 Å². The maximum Gasteiger partial charge on any atom is 0.339 e. The highest BCUT2D eigenvalue weighted by Crippen LogP contribution is 2.57. The third kappa shape index (κ3) is 3.25. The van der Waals surface area contributed by atoms with Gasteiger partial charge in [0.1, 0.15) is 22.6 Å². The molecule has 5 rings (SSSR count). The number of aryl methyl sites for hydroxylation is 1. The number of nitrogens with two attached hydrogens (primary N) is 1. The number of hydrogen-bond acceptors (Lipinski definition) is 6. The molecule has 3 N–H and O–H groups in total. The number of methoxy groups -OCH3 is 1. The van der Waals surface area contributed by atoms with Crippen molar-refractivity contribution < 1.29 is 23.5 Å². The van der Waals surface area contributed by atoms with Crippen LogP contribution in [0.3, 0.4) is 0 Å². The first-order chi connectivity index (χ1) is 16.9. The van der Waals surface area contributed by atoms with Crippen LogP contribution in [0, 0.1) is 18.2 Å². The largest absolute Gasteiger partial charge is 0.466 e. The zero-order valence-corrected chi connectivity index (χ0v) is 21.9. The highest BCUT2D eigenvalue weighted by Gasteiger charge is 2.63. The van der Waals surface area contributed by atoms with E-state index in [1.807, 2.05) is 26.8 Å². The van der Waals surface area contributed by atoms with E-state index in [1.54, 1.807) is 18.2 Å². The number of ketones is 1. The molecule has 7 nitrogen and oxygen atoms in total. The number of amides is 1. The number of benzene rings is 2. The number of anilines is 2. The van der Waals surface area contributed by atoms with Crippen molar-refractivity contribution in [2.75, 3.05) is 17.3 Å². The smallest absolute Gasteiger partial charge is 0.339 e. The van der Waals surface area contributed by atoms with E-state index in [1.165, 1.54) is 24.1 Å². The second kappa shape index (κ2) is 8.03.